The molecule has 1 aliphatic heterocycles. The van der Waals surface area contributed by atoms with Gasteiger partial charge in [-0.25, -0.2) is 13.6 Å². The van der Waals surface area contributed by atoms with Crippen LogP contribution in [-0.4, -0.2) is 51.9 Å². The van der Waals surface area contributed by atoms with Crippen LogP contribution in [0.25, 0.3) is 0 Å². The topological polar surface area (TPSA) is 123 Å². The van der Waals surface area contributed by atoms with Crippen molar-refractivity contribution in [2.24, 2.45) is 11.8 Å². The fourth-order valence-corrected chi connectivity index (χ4v) is 3.01. The highest BCUT2D eigenvalue weighted by atomic mass is 35.5. The van der Waals surface area contributed by atoms with Crippen LogP contribution in [0.15, 0.2) is 11.0 Å². The zero-order valence-electron chi connectivity index (χ0n) is 16.9. The van der Waals surface area contributed by atoms with Gasteiger partial charge in [0.25, 0.3) is 0 Å². The number of nitrogens with zero attached hydrogens (tertiary/aromatic N) is 2. The first kappa shape index (κ1) is 24.0. The Morgan fingerprint density at radius 2 is 1.93 bits per heavy atom. The van der Waals surface area contributed by atoms with Crippen molar-refractivity contribution in [3.05, 3.63) is 22.5 Å². The van der Waals surface area contributed by atoms with Gasteiger partial charge < -0.3 is 19.9 Å². The molecule has 12 heteroatoms. The van der Waals surface area contributed by atoms with Gasteiger partial charge in [-0.15, -0.1) is 11.6 Å². The molecule has 1 aliphatic rings. The van der Waals surface area contributed by atoms with Crippen molar-refractivity contribution in [3.63, 3.8) is 0 Å². The number of hydrogen-bond donors (Lipinski definition) is 1. The van der Waals surface area contributed by atoms with Gasteiger partial charge in [0.2, 0.25) is 0 Å². The first-order valence-corrected chi connectivity index (χ1v) is 9.76. The normalized spacial score (nSPS) is 26.2. The summed E-state index contributed by atoms with van der Waals surface area (Å²) in [5, 5.41) is 0. The van der Waals surface area contributed by atoms with Crippen molar-refractivity contribution < 1.29 is 32.6 Å². The average Bonchev–Trinajstić information content (AvgIpc) is 2.95. The van der Waals surface area contributed by atoms with Gasteiger partial charge in [0, 0.05) is 0 Å². The Bertz CT molecular complexity index is 865. The van der Waals surface area contributed by atoms with E-state index >= 15 is 4.39 Å². The van der Waals surface area contributed by atoms with Crippen LogP contribution in [0.1, 0.15) is 33.9 Å². The number of carbonyl (C=O) groups is 2. The third kappa shape index (κ3) is 4.72. The summed E-state index contributed by atoms with van der Waals surface area (Å²) in [4.78, 5) is 39.5. The van der Waals surface area contributed by atoms with E-state index in [2.05, 4.69) is 4.98 Å². The highest BCUT2D eigenvalue weighted by Crippen LogP contribution is 2.42. The molecular weight excluding hydrogens is 428 g/mol. The smallest absolute Gasteiger partial charge is 0.351 e. The van der Waals surface area contributed by atoms with Crippen LogP contribution >= 0.6 is 11.6 Å². The molecule has 1 fully saturated rings. The molecule has 9 nitrogen and oxygen atoms in total. The highest BCUT2D eigenvalue weighted by molar-refractivity contribution is 6.18. The van der Waals surface area contributed by atoms with E-state index in [1.165, 1.54) is 13.8 Å². The SMILES string of the molecule is CC(C)C(=O)OC[C@@]1(CCl)O[C@@H](n2cc(F)c(N)nc2=O)[C@@H](F)[C@@H]1OC(=O)C(C)C. The Labute approximate surface area is 176 Å². The lowest BCUT2D eigenvalue weighted by Gasteiger charge is -2.32. The molecule has 0 radical (unpaired) electrons. The van der Waals surface area contributed by atoms with E-state index in [0.29, 0.717) is 10.8 Å². The molecule has 1 aromatic heterocycles. The molecule has 0 aliphatic carbocycles. The van der Waals surface area contributed by atoms with Gasteiger partial charge in [-0.05, 0) is 0 Å². The molecule has 0 saturated carbocycles. The predicted molar refractivity (Wildman–Crippen MR) is 102 cm³/mol. The van der Waals surface area contributed by atoms with Crippen molar-refractivity contribution in [1.82, 2.24) is 9.55 Å². The summed E-state index contributed by atoms with van der Waals surface area (Å²) in [6, 6.07) is 0. The molecule has 0 amide bonds. The van der Waals surface area contributed by atoms with Gasteiger partial charge >= 0.3 is 17.6 Å². The van der Waals surface area contributed by atoms with Gasteiger partial charge in [-0.1, -0.05) is 27.7 Å². The molecule has 0 bridgehead atoms. The van der Waals surface area contributed by atoms with Gasteiger partial charge in [-0.2, -0.15) is 4.98 Å². The number of hydrogen-bond acceptors (Lipinski definition) is 8. The molecule has 30 heavy (non-hydrogen) atoms. The summed E-state index contributed by atoms with van der Waals surface area (Å²) in [6.45, 7) is 5.69. The van der Waals surface area contributed by atoms with E-state index in [0.717, 1.165) is 0 Å². The van der Waals surface area contributed by atoms with Crippen molar-refractivity contribution in [3.8, 4) is 0 Å². The third-order valence-corrected chi connectivity index (χ3v) is 4.97. The largest absolute Gasteiger partial charge is 0.462 e. The van der Waals surface area contributed by atoms with E-state index in [9.17, 15) is 18.8 Å². The molecule has 2 heterocycles. The lowest BCUT2D eigenvalue weighted by Crippen LogP contribution is -2.51. The molecule has 1 aromatic rings. The van der Waals surface area contributed by atoms with Crippen molar-refractivity contribution in [2.45, 2.75) is 51.8 Å². The number of ether oxygens (including phenoxy) is 3. The van der Waals surface area contributed by atoms with Crippen LogP contribution in [0.2, 0.25) is 0 Å². The lowest BCUT2D eigenvalue weighted by atomic mass is 9.98. The summed E-state index contributed by atoms with van der Waals surface area (Å²) >= 11 is 6.03. The van der Waals surface area contributed by atoms with Crippen molar-refractivity contribution in [1.29, 1.82) is 0 Å². The maximum atomic E-state index is 15.4. The summed E-state index contributed by atoms with van der Waals surface area (Å²) in [5.41, 5.74) is 2.35. The molecular formula is C18H24ClF2N3O6. The molecule has 0 unspecified atom stereocenters. The number of esters is 2. The average molecular weight is 452 g/mol. The van der Waals surface area contributed by atoms with E-state index in [1.807, 2.05) is 0 Å². The summed E-state index contributed by atoms with van der Waals surface area (Å²) in [5.74, 6) is -4.67. The summed E-state index contributed by atoms with van der Waals surface area (Å²) < 4.78 is 45.9. The van der Waals surface area contributed by atoms with Crippen LogP contribution in [0.3, 0.4) is 0 Å². The monoisotopic (exact) mass is 451 g/mol. The number of nitrogens with two attached hydrogens (primary N) is 1. The van der Waals surface area contributed by atoms with E-state index in [4.69, 9.17) is 31.5 Å². The molecule has 2 rings (SSSR count). The Balaban J connectivity index is 2.46. The number of rotatable bonds is 7. The minimum Gasteiger partial charge on any atom is -0.462 e. The second kappa shape index (κ2) is 9.25. The van der Waals surface area contributed by atoms with Crippen LogP contribution in [0.4, 0.5) is 14.6 Å². The second-order valence-corrected chi connectivity index (χ2v) is 7.86. The summed E-state index contributed by atoms with van der Waals surface area (Å²) in [6.07, 6.45) is -4.90. The van der Waals surface area contributed by atoms with E-state index in [-0.39, 0.29) is 0 Å². The van der Waals surface area contributed by atoms with Crippen LogP contribution < -0.4 is 11.4 Å². The van der Waals surface area contributed by atoms with Crippen LogP contribution in [0, 0.1) is 17.7 Å². The number of carbonyl (C=O) groups excluding carboxylic acids is 2. The fourth-order valence-electron chi connectivity index (χ4n) is 2.72. The van der Waals surface area contributed by atoms with Crippen molar-refractivity contribution >= 4 is 29.4 Å². The van der Waals surface area contributed by atoms with E-state index in [1.54, 1.807) is 13.8 Å². The minimum atomic E-state index is -2.15. The maximum Gasteiger partial charge on any atom is 0.351 e. The standard InChI is InChI=1S/C18H24ClF2N3O6/c1-8(2)15(25)28-7-18(6-19)12(29-16(26)9(3)4)11(21)14(30-18)24-5-10(20)13(22)23-17(24)27/h5,8-9,11-12,14H,6-7H2,1-4H3,(H2,22,23,27)/t11-,12-,14+,18+/m0/s1. The maximum absolute atomic E-state index is 15.4. The highest BCUT2D eigenvalue weighted by Gasteiger charge is 2.59. The molecule has 4 atom stereocenters. The van der Waals surface area contributed by atoms with Gasteiger partial charge in [0.05, 0.1) is 23.9 Å². The predicted octanol–water partition coefficient (Wildman–Crippen LogP) is 1.58. The number of aromatic nitrogens is 2. The third-order valence-electron chi connectivity index (χ3n) is 4.51. The molecule has 1 saturated heterocycles. The quantitative estimate of drug-likeness (QED) is 0.489. The fraction of sp³-hybridized carbons (Fsp3) is 0.667. The van der Waals surface area contributed by atoms with E-state index < -0.39 is 77.7 Å². The number of nitrogen functional groups attached to an aromatic ring is 1. The second-order valence-electron chi connectivity index (χ2n) is 7.59. The zero-order valence-corrected chi connectivity index (χ0v) is 17.7. The van der Waals surface area contributed by atoms with Gasteiger partial charge in [-0.3, -0.25) is 14.2 Å². The summed E-state index contributed by atoms with van der Waals surface area (Å²) in [7, 11) is 0. The number of alkyl halides is 2. The molecule has 0 spiro atoms. The van der Waals surface area contributed by atoms with Crippen molar-refractivity contribution in [2.75, 3.05) is 18.2 Å². The first-order chi connectivity index (χ1) is 13.9. The Kier molecular flexibility index (Phi) is 7.40. The molecule has 2 N–H and O–H groups in total. The van der Waals surface area contributed by atoms with Gasteiger partial charge in [0.1, 0.15) is 6.61 Å². The van der Waals surface area contributed by atoms with Crippen LogP contribution in [0.5, 0.6) is 0 Å². The Morgan fingerprint density at radius 1 is 1.33 bits per heavy atom. The minimum absolute atomic E-state index is 0.453. The first-order valence-electron chi connectivity index (χ1n) is 9.22. The Hall–Kier alpha value is -2.27. The zero-order chi connectivity index (χ0) is 22.8. The lowest BCUT2D eigenvalue weighted by molar-refractivity contribution is -0.177. The molecule has 0 aromatic carbocycles. The van der Waals surface area contributed by atoms with Crippen LogP contribution in [-0.2, 0) is 23.8 Å². The Morgan fingerprint density at radius 3 is 2.47 bits per heavy atom. The number of halogens is 3. The number of anilines is 1. The van der Waals surface area contributed by atoms with Gasteiger partial charge in [0.15, 0.2) is 35.7 Å². The molecule has 168 valence electrons.